The van der Waals surface area contributed by atoms with E-state index in [4.69, 9.17) is 4.74 Å². The van der Waals surface area contributed by atoms with Crippen molar-refractivity contribution < 1.29 is 27.1 Å². The van der Waals surface area contributed by atoms with Crippen LogP contribution in [0.1, 0.15) is 65.2 Å². The Morgan fingerprint density at radius 3 is 2.47 bits per heavy atom. The number of aromatic nitrogens is 3. The van der Waals surface area contributed by atoms with Crippen molar-refractivity contribution in [1.29, 1.82) is 0 Å². The number of carbonyl (C=O) groups is 1. The summed E-state index contributed by atoms with van der Waals surface area (Å²) in [5.41, 5.74) is -0.351. The molecule has 1 saturated heterocycles. The van der Waals surface area contributed by atoms with Gasteiger partial charge in [0.25, 0.3) is 0 Å². The molecule has 1 amide bonds. The zero-order valence-electron chi connectivity index (χ0n) is 24.3. The van der Waals surface area contributed by atoms with Crippen molar-refractivity contribution >= 4 is 5.91 Å². The highest BCUT2D eigenvalue weighted by Crippen LogP contribution is 2.36. The molecule has 0 N–H and O–H groups in total. The van der Waals surface area contributed by atoms with E-state index in [2.05, 4.69) is 20.2 Å². The van der Waals surface area contributed by atoms with Crippen LogP contribution in [0.15, 0.2) is 72.0 Å². The quantitative estimate of drug-likeness (QED) is 0.142. The smallest absolute Gasteiger partial charge is 0.434 e. The van der Waals surface area contributed by atoms with E-state index < -0.39 is 23.3 Å². The monoisotopic (exact) mass is 621 g/mol. The van der Waals surface area contributed by atoms with E-state index in [9.17, 15) is 22.9 Å². The van der Waals surface area contributed by atoms with E-state index in [1.165, 1.54) is 37.9 Å². The van der Waals surface area contributed by atoms with E-state index >= 15 is 4.39 Å². The third kappa shape index (κ3) is 6.65. The third-order valence-corrected chi connectivity index (χ3v) is 8.73. The Hall–Kier alpha value is -4.45. The summed E-state index contributed by atoms with van der Waals surface area (Å²) in [6, 6.07) is 16.4. The van der Waals surface area contributed by atoms with Gasteiger partial charge in [-0.1, -0.05) is 36.8 Å². The van der Waals surface area contributed by atoms with Crippen LogP contribution >= 0.6 is 0 Å². The van der Waals surface area contributed by atoms with Crippen LogP contribution in [-0.4, -0.2) is 45.2 Å². The molecule has 0 atom stereocenters. The highest BCUT2D eigenvalue weighted by Gasteiger charge is 2.41. The molecule has 3 heterocycles. The first-order valence-corrected chi connectivity index (χ1v) is 14.9. The number of piperidine rings is 1. The fourth-order valence-corrected chi connectivity index (χ4v) is 6.08. The average molecular weight is 622 g/mol. The molecule has 0 spiro atoms. The molecule has 1 aliphatic heterocycles. The maximum atomic E-state index is 15.2. The summed E-state index contributed by atoms with van der Waals surface area (Å²) < 4.78 is 63.3. The van der Waals surface area contributed by atoms with E-state index in [1.807, 2.05) is 6.07 Å². The highest BCUT2D eigenvalue weighted by atomic mass is 19.4. The number of halogens is 4. The summed E-state index contributed by atoms with van der Waals surface area (Å²) in [6.45, 7) is 3.18. The number of ether oxygens (including phenoxy) is 1. The predicted molar refractivity (Wildman–Crippen MR) is 158 cm³/mol. The molecule has 1 saturated carbocycles. The van der Waals surface area contributed by atoms with Crippen LogP contribution in [0.3, 0.4) is 0 Å². The normalized spacial score (nSPS) is 16.4. The fourth-order valence-electron chi connectivity index (χ4n) is 6.08. The van der Waals surface area contributed by atoms with E-state index in [0.717, 1.165) is 37.4 Å². The number of hydrogen-bond acceptors (Lipinski definition) is 6. The second-order valence-electron chi connectivity index (χ2n) is 11.6. The molecule has 234 valence electrons. The van der Waals surface area contributed by atoms with Gasteiger partial charge < -0.3 is 9.64 Å². The highest BCUT2D eigenvalue weighted by molar-refractivity contribution is 5.96. The number of amides is 1. The predicted octanol–water partition coefficient (Wildman–Crippen LogP) is 7.56. The molecule has 0 radical (unpaired) electrons. The standard InChI is InChI=1S/C33H31F4N5O3/c34-27-17-23(22-13-15-41(16-14-22)19-21-5-3-6-21)11-12-24(27)20-45-29-9-2-1-7-25(29)28-8-4-10-30(39-28)42-31(33(35,36)37)26(18-38-42)32(43)40-44/h1-2,4,7-12,17-18,21-22H,3,5-6,13-16,19-20H2. The number of pyridine rings is 1. The Labute approximate surface area is 257 Å². The molecular formula is C33H31F4N5O3. The third-order valence-electron chi connectivity index (χ3n) is 8.73. The molecule has 2 aromatic carbocycles. The van der Waals surface area contributed by atoms with Crippen molar-refractivity contribution in [2.45, 2.75) is 50.8 Å². The topological polar surface area (TPSA) is 89.7 Å². The van der Waals surface area contributed by atoms with Gasteiger partial charge in [-0.05, 0) is 86.5 Å². The summed E-state index contributed by atoms with van der Waals surface area (Å²) in [4.78, 5) is 29.3. The summed E-state index contributed by atoms with van der Waals surface area (Å²) in [5, 5.41) is 5.77. The molecule has 8 nitrogen and oxygen atoms in total. The van der Waals surface area contributed by atoms with Crippen molar-refractivity contribution in [3.05, 3.63) is 100.0 Å². The van der Waals surface area contributed by atoms with Crippen molar-refractivity contribution in [3.8, 4) is 22.8 Å². The maximum absolute atomic E-state index is 15.2. The van der Waals surface area contributed by atoms with Crippen LogP contribution in [0, 0.1) is 16.6 Å². The zero-order valence-corrected chi connectivity index (χ0v) is 24.3. The molecule has 0 bridgehead atoms. The lowest BCUT2D eigenvalue weighted by Gasteiger charge is -2.37. The van der Waals surface area contributed by atoms with Crippen LogP contribution in [0.25, 0.3) is 17.1 Å². The summed E-state index contributed by atoms with van der Waals surface area (Å²) >= 11 is 0. The van der Waals surface area contributed by atoms with Gasteiger partial charge in [0.2, 0.25) is 0 Å². The summed E-state index contributed by atoms with van der Waals surface area (Å²) in [7, 11) is 0. The second kappa shape index (κ2) is 12.9. The van der Waals surface area contributed by atoms with Crippen molar-refractivity contribution in [1.82, 2.24) is 19.7 Å². The Balaban J connectivity index is 1.17. The number of carbonyl (C=O) groups excluding carboxylic acids is 1. The van der Waals surface area contributed by atoms with Crippen molar-refractivity contribution in [2.75, 3.05) is 19.6 Å². The SMILES string of the molecule is O=NC(=O)c1cnn(-c2cccc(-c3ccccc3OCc3ccc(C4CCN(CC5CCC5)CC4)cc3F)n2)c1C(F)(F)F. The van der Waals surface area contributed by atoms with E-state index in [-0.39, 0.29) is 23.9 Å². The number of likely N-dealkylation sites (tertiary alicyclic amines) is 1. The van der Waals surface area contributed by atoms with Crippen molar-refractivity contribution in [3.63, 3.8) is 0 Å². The maximum Gasteiger partial charge on any atom is 0.434 e. The van der Waals surface area contributed by atoms with Gasteiger partial charge in [0, 0.05) is 22.8 Å². The van der Waals surface area contributed by atoms with Gasteiger partial charge >= 0.3 is 12.1 Å². The lowest BCUT2D eigenvalue weighted by molar-refractivity contribution is -0.143. The van der Waals surface area contributed by atoms with E-state index in [0.29, 0.717) is 33.7 Å². The van der Waals surface area contributed by atoms with Crippen LogP contribution in [0.2, 0.25) is 0 Å². The van der Waals surface area contributed by atoms with Crippen LogP contribution in [0.5, 0.6) is 5.75 Å². The Morgan fingerprint density at radius 1 is 1.00 bits per heavy atom. The molecule has 1 aliphatic carbocycles. The first kappa shape index (κ1) is 30.6. The largest absolute Gasteiger partial charge is 0.488 e. The number of nitrogens with zero attached hydrogens (tertiary/aromatic N) is 5. The second-order valence-corrected chi connectivity index (χ2v) is 11.6. The average Bonchev–Trinajstić information content (AvgIpc) is 3.49. The number of benzene rings is 2. The number of nitroso groups, excluding NO2 is 1. The molecular weight excluding hydrogens is 590 g/mol. The molecule has 4 aromatic rings. The molecule has 2 aromatic heterocycles. The van der Waals surface area contributed by atoms with Crippen molar-refractivity contribution in [2.24, 2.45) is 11.1 Å². The van der Waals surface area contributed by atoms with Crippen LogP contribution in [-0.2, 0) is 12.8 Å². The first-order valence-electron chi connectivity index (χ1n) is 14.9. The Bertz CT molecular complexity index is 1690. The lowest BCUT2D eigenvalue weighted by atomic mass is 9.83. The van der Waals surface area contributed by atoms with Gasteiger partial charge in [-0.2, -0.15) is 18.3 Å². The minimum absolute atomic E-state index is 0.0653. The van der Waals surface area contributed by atoms with Gasteiger partial charge in [0.05, 0.1) is 17.5 Å². The van der Waals surface area contributed by atoms with Crippen LogP contribution < -0.4 is 4.74 Å². The minimum Gasteiger partial charge on any atom is -0.488 e. The lowest BCUT2D eigenvalue weighted by Crippen LogP contribution is -2.38. The molecule has 0 unspecified atom stereocenters. The zero-order chi connectivity index (χ0) is 31.6. The van der Waals surface area contributed by atoms with Gasteiger partial charge in [0.1, 0.15) is 18.2 Å². The van der Waals surface area contributed by atoms with Crippen LogP contribution in [0.4, 0.5) is 17.6 Å². The number of alkyl halides is 3. The number of rotatable bonds is 9. The molecule has 2 fully saturated rings. The summed E-state index contributed by atoms with van der Waals surface area (Å²) in [5.74, 6) is -0.669. The Morgan fingerprint density at radius 2 is 1.78 bits per heavy atom. The van der Waals surface area contributed by atoms with Gasteiger partial charge in [0.15, 0.2) is 11.5 Å². The van der Waals surface area contributed by atoms with E-state index in [1.54, 1.807) is 42.5 Å². The van der Waals surface area contributed by atoms with Gasteiger partial charge in [-0.3, -0.25) is 4.79 Å². The minimum atomic E-state index is -5.02. The number of para-hydroxylation sites is 1. The first-order chi connectivity index (χ1) is 21.7. The summed E-state index contributed by atoms with van der Waals surface area (Å²) in [6.07, 6.45) is 1.65. The van der Waals surface area contributed by atoms with Gasteiger partial charge in [-0.25, -0.2) is 14.1 Å². The number of hydrogen-bond donors (Lipinski definition) is 0. The molecule has 12 heteroatoms. The Kier molecular flexibility index (Phi) is 8.75. The molecule has 6 rings (SSSR count). The molecule has 45 heavy (non-hydrogen) atoms. The molecule has 2 aliphatic rings. The fraction of sp³-hybridized carbons (Fsp3) is 0.364. The van der Waals surface area contributed by atoms with Gasteiger partial charge in [-0.15, -0.1) is 4.91 Å².